The lowest BCUT2D eigenvalue weighted by atomic mass is 9.90. The molecule has 0 spiro atoms. The number of aromatic amines is 1. The first-order valence-corrected chi connectivity index (χ1v) is 36.7. The maximum absolute atomic E-state index is 15.5. The Bertz CT molecular complexity index is 3990. The van der Waals surface area contributed by atoms with Crippen LogP contribution in [0.15, 0.2) is 89.9 Å². The van der Waals surface area contributed by atoms with Gasteiger partial charge in [-0.1, -0.05) is 90.0 Å². The van der Waals surface area contributed by atoms with Crippen LogP contribution in [0, 0.1) is 25.6 Å². The van der Waals surface area contributed by atoms with Crippen molar-refractivity contribution >= 4 is 71.4 Å². The number of aromatic nitrogens is 4. The number of nitrogens with one attached hydrogen (secondary N) is 11. The smallest absolute Gasteiger partial charge is 0.305 e. The Labute approximate surface area is 636 Å². The number of aryl methyl sites for hydroxylation is 4. The second-order valence-corrected chi connectivity index (χ2v) is 28.0. The fourth-order valence-electron chi connectivity index (χ4n) is 12.9. The Kier molecular flexibility index (Phi) is 33.1. The number of nitrogens with two attached hydrogens (primary N) is 2. The van der Waals surface area contributed by atoms with Crippen molar-refractivity contribution in [3.8, 4) is 16.9 Å². The van der Waals surface area contributed by atoms with Crippen LogP contribution in [0.4, 0.5) is 4.39 Å². The Hall–Kier alpha value is -10.9. The minimum atomic E-state index is -2.37. The summed E-state index contributed by atoms with van der Waals surface area (Å²) in [5, 5.41) is 81.1. The first-order chi connectivity index (χ1) is 52.5. The van der Waals surface area contributed by atoms with Crippen LogP contribution in [0.25, 0.3) is 11.1 Å². The van der Waals surface area contributed by atoms with Crippen molar-refractivity contribution in [1.29, 1.82) is 0 Å². The maximum Gasteiger partial charge on any atom is 0.305 e. The van der Waals surface area contributed by atoms with Gasteiger partial charge in [-0.15, -0.1) is 10.2 Å². The normalized spacial score (nSPS) is 17.0. The van der Waals surface area contributed by atoms with Crippen LogP contribution in [0.1, 0.15) is 112 Å². The predicted molar refractivity (Wildman–Crippen MR) is 400 cm³/mol. The summed E-state index contributed by atoms with van der Waals surface area (Å²) in [6, 6.07) is 11.8. The number of amides is 10. The lowest BCUT2D eigenvalue weighted by Crippen LogP contribution is -2.67. The molecular formula is C75H103FN18O16. The SMILES string of the molecule is CCc1cc(OCCCCN)ccc1-c1ccc(C[C@H](NC(=O)[C@H](CC(=O)O)NC(=O)[C@H](CO)NC(=O)[C@@H](NC(=O)[C@](C)(Cc2ccccc2F)NC(=O)[C@@H](NC(=O)CNC(=O)[C@H](Cc2nn[nH]n2)NC(=O)[C@@H]2CCN(CCC3CN=CN3)C2)[C@@H](C)O)[C@@H](C)O)C(=O)N[C@@H](CCCc2cc(C)cc(C)c2)C(N)=O)cc1. The molecule has 3 heterocycles. The molecule has 10 amide bonds. The number of hydrogen-bond donors (Lipinski definition) is 17. The summed E-state index contributed by atoms with van der Waals surface area (Å²) in [4.78, 5) is 159. The molecule has 1 saturated heterocycles. The average Bonchev–Trinajstić information content (AvgIpc) is 0.866. The van der Waals surface area contributed by atoms with Crippen LogP contribution in [-0.2, 0) is 84.8 Å². The molecule has 110 heavy (non-hydrogen) atoms. The number of primary amides is 1. The summed E-state index contributed by atoms with van der Waals surface area (Å²) < 4.78 is 21.5. The number of likely N-dealkylation sites (tertiary alicyclic amines) is 1. The Balaban J connectivity index is 1.03. The number of carboxylic acid groups (broad SMARTS) is 1. The number of H-pyrrole nitrogens is 1. The van der Waals surface area contributed by atoms with Gasteiger partial charge < -0.3 is 94.7 Å². The highest BCUT2D eigenvalue weighted by molar-refractivity contribution is 6.00. The first-order valence-electron chi connectivity index (χ1n) is 36.7. The predicted octanol–water partition coefficient (Wildman–Crippen LogP) is -1.84. The van der Waals surface area contributed by atoms with E-state index < -0.39 is 163 Å². The fraction of sp³-hybridized carbons (Fsp3) is 0.507. The van der Waals surface area contributed by atoms with Gasteiger partial charge in [0.15, 0.2) is 5.82 Å². The van der Waals surface area contributed by atoms with Crippen molar-refractivity contribution in [3.63, 3.8) is 0 Å². The van der Waals surface area contributed by atoms with E-state index in [1.54, 1.807) is 30.6 Å². The average molecular weight is 1530 g/mol. The minimum absolute atomic E-state index is 0.0530. The highest BCUT2D eigenvalue weighted by atomic mass is 19.1. The minimum Gasteiger partial charge on any atom is -0.494 e. The number of aliphatic imine (C=N–C) groups is 1. The number of hydrogen-bond acceptors (Lipinski definition) is 22. The molecule has 19 N–H and O–H groups in total. The zero-order valence-corrected chi connectivity index (χ0v) is 62.6. The molecule has 4 aromatic carbocycles. The van der Waals surface area contributed by atoms with Gasteiger partial charge in [0.2, 0.25) is 59.1 Å². The number of carbonyl (C=O) groups is 11. The number of tetrazole rings is 1. The molecule has 7 rings (SSSR count). The molecule has 0 saturated carbocycles. The molecule has 0 radical (unpaired) electrons. The Morgan fingerprint density at radius 1 is 0.736 bits per heavy atom. The summed E-state index contributed by atoms with van der Waals surface area (Å²) in [7, 11) is 0. The molecule has 596 valence electrons. The summed E-state index contributed by atoms with van der Waals surface area (Å²) in [5.74, 6) is -12.9. The van der Waals surface area contributed by atoms with Gasteiger partial charge in [0.1, 0.15) is 59.4 Å². The van der Waals surface area contributed by atoms with Gasteiger partial charge >= 0.3 is 5.97 Å². The van der Waals surface area contributed by atoms with Gasteiger partial charge in [-0.25, -0.2) is 4.39 Å². The third-order valence-electron chi connectivity index (χ3n) is 18.9. The number of ether oxygens (including phenoxy) is 1. The van der Waals surface area contributed by atoms with E-state index in [0.29, 0.717) is 76.3 Å². The van der Waals surface area contributed by atoms with Gasteiger partial charge in [-0.05, 0) is 151 Å². The zero-order valence-electron chi connectivity index (χ0n) is 62.6. The van der Waals surface area contributed by atoms with Crippen LogP contribution < -0.4 is 69.4 Å². The van der Waals surface area contributed by atoms with Crippen molar-refractivity contribution in [3.05, 3.63) is 130 Å². The van der Waals surface area contributed by atoms with Crippen molar-refractivity contribution in [1.82, 2.24) is 78.7 Å². The molecule has 2 aliphatic heterocycles. The quantitative estimate of drug-likeness (QED) is 0.0191. The number of carboxylic acids is 1. The molecule has 1 unspecified atom stereocenters. The van der Waals surface area contributed by atoms with E-state index in [1.165, 1.54) is 18.2 Å². The number of carbonyl (C=O) groups excluding carboxylic acids is 10. The number of aliphatic carboxylic acids is 1. The number of rotatable bonds is 44. The standard InChI is InChI=1S/C75H103FN18O16/c1-7-48-33-53(110-28-11-10-25-77)21-22-54(48)49-19-17-46(18-20-49)32-57(69(104)82-56(66(78)101)16-12-13-47-30-42(2)29-43(3)31-47)84-70(105)59(35-63(99)100)85-71(106)60(40-95)86-72(107)64(44(4)96)88-74(109)75(6,36-50-14-8-9-15-55(50)76)89-73(108)65(45(5)97)87-62(98)38-80-68(103)58(34-61-90-92-93-91-61)83-67(102)51-23-26-94(39-51)27-24-52-37-79-41-81-52/h8-9,14-15,17-22,29-31,33,41,44-45,51-52,56-60,64-65,95-97H,7,10-13,16,23-28,32,34-40,77H2,1-6H3,(H2,78,101)(H,79,81)(H,80,103)(H,82,104)(H,83,102)(H,84,105)(H,85,106)(H,86,107)(H,87,98)(H,88,109)(H,89,108)(H,99,100)(H,90,91,92,93)/t44-,45-,51-,52?,56+,57+,58+,59+,60+,64+,65+,75+/m1/s1. The van der Waals surface area contributed by atoms with E-state index in [9.17, 15) is 73.2 Å². The second-order valence-electron chi connectivity index (χ2n) is 28.0. The number of aliphatic hydroxyl groups excluding tert-OH is 3. The van der Waals surface area contributed by atoms with E-state index >= 15 is 4.39 Å². The molecular weight excluding hydrogens is 1430 g/mol. The molecule has 5 aromatic rings. The van der Waals surface area contributed by atoms with E-state index in [2.05, 4.69) is 83.7 Å². The highest BCUT2D eigenvalue weighted by Crippen LogP contribution is 2.29. The number of aliphatic hydroxyl groups is 3. The molecule has 1 aromatic heterocycles. The summed E-state index contributed by atoms with van der Waals surface area (Å²) >= 11 is 0. The summed E-state index contributed by atoms with van der Waals surface area (Å²) in [6.45, 7) is 10.5. The second kappa shape index (κ2) is 42.2. The molecule has 0 bridgehead atoms. The summed E-state index contributed by atoms with van der Waals surface area (Å²) in [6.07, 6.45) is 0.285. The zero-order chi connectivity index (χ0) is 80.2. The van der Waals surface area contributed by atoms with Crippen LogP contribution >= 0.6 is 0 Å². The van der Waals surface area contributed by atoms with Crippen LogP contribution in [0.5, 0.6) is 5.75 Å². The number of benzene rings is 4. The van der Waals surface area contributed by atoms with E-state index in [-0.39, 0.29) is 36.7 Å². The Morgan fingerprint density at radius 2 is 1.40 bits per heavy atom. The lowest BCUT2D eigenvalue weighted by Gasteiger charge is -2.34. The molecule has 12 atom stereocenters. The lowest BCUT2D eigenvalue weighted by molar-refractivity contribution is -0.142. The molecule has 0 aliphatic carbocycles. The van der Waals surface area contributed by atoms with Crippen LogP contribution in [0.2, 0.25) is 0 Å². The van der Waals surface area contributed by atoms with Crippen LogP contribution in [0.3, 0.4) is 0 Å². The molecule has 34 nitrogen and oxygen atoms in total. The highest BCUT2D eigenvalue weighted by Gasteiger charge is 2.43. The van der Waals surface area contributed by atoms with Crippen molar-refractivity contribution in [2.24, 2.45) is 22.4 Å². The summed E-state index contributed by atoms with van der Waals surface area (Å²) in [5.41, 5.74) is 15.2. The Morgan fingerprint density at radius 3 is 2.04 bits per heavy atom. The van der Waals surface area contributed by atoms with Crippen LogP contribution in [-0.4, -0.2) is 236 Å². The first kappa shape index (κ1) is 86.4. The van der Waals surface area contributed by atoms with Gasteiger partial charge in [0.25, 0.3) is 0 Å². The van der Waals surface area contributed by atoms with E-state index in [1.807, 2.05) is 57.2 Å². The fourth-order valence-corrected chi connectivity index (χ4v) is 12.9. The van der Waals surface area contributed by atoms with Gasteiger partial charge in [0.05, 0.1) is 57.2 Å². The van der Waals surface area contributed by atoms with Crippen molar-refractivity contribution in [2.75, 3.05) is 52.5 Å². The number of halogens is 1. The van der Waals surface area contributed by atoms with Crippen molar-refractivity contribution < 1.29 is 82.3 Å². The molecule has 2 aliphatic rings. The third kappa shape index (κ3) is 26.5. The maximum atomic E-state index is 15.5. The van der Waals surface area contributed by atoms with E-state index in [4.69, 9.17) is 16.2 Å². The van der Waals surface area contributed by atoms with E-state index in [0.717, 1.165) is 79.5 Å². The largest absolute Gasteiger partial charge is 0.494 e. The van der Waals surface area contributed by atoms with Crippen molar-refractivity contribution in [2.45, 2.75) is 185 Å². The van der Waals surface area contributed by atoms with Gasteiger partial charge in [-0.2, -0.15) is 5.21 Å². The number of nitrogens with zero attached hydrogens (tertiary/aromatic N) is 5. The molecule has 35 heteroatoms. The van der Waals surface area contributed by atoms with Gasteiger partial charge in [0, 0.05) is 38.4 Å². The topological polar surface area (TPSA) is 520 Å². The van der Waals surface area contributed by atoms with Gasteiger partial charge in [-0.3, -0.25) is 57.7 Å². The third-order valence-corrected chi connectivity index (χ3v) is 18.9. The monoisotopic (exact) mass is 1530 g/mol. The number of unbranched alkanes of at least 4 members (excludes halogenated alkanes) is 1. The molecule has 1 fully saturated rings.